The number of hydrogen-bond donors (Lipinski definition) is 2. The van der Waals surface area contributed by atoms with Crippen molar-refractivity contribution in [3.8, 4) is 6.57 Å². The molecule has 0 aliphatic carbocycles. The second-order valence-electron chi connectivity index (χ2n) is 7.15. The van der Waals surface area contributed by atoms with E-state index < -0.39 is 5.60 Å². The molecule has 0 aliphatic heterocycles. The third-order valence-corrected chi connectivity index (χ3v) is 4.85. The van der Waals surface area contributed by atoms with Crippen molar-refractivity contribution in [2.45, 2.75) is 44.3 Å². The lowest BCUT2D eigenvalue weighted by Gasteiger charge is -2.31. The monoisotopic (exact) mass is 386 g/mol. The Balaban J connectivity index is 0.00000190. The Labute approximate surface area is 167 Å². The van der Waals surface area contributed by atoms with Crippen LogP contribution in [0.3, 0.4) is 0 Å². The van der Waals surface area contributed by atoms with Gasteiger partial charge in [-0.05, 0) is 68.7 Å². The number of nitriles is 1. The van der Waals surface area contributed by atoms with Crippen LogP contribution in [0.1, 0.15) is 48.8 Å². The van der Waals surface area contributed by atoms with Crippen molar-refractivity contribution in [2.24, 2.45) is 0 Å². The van der Waals surface area contributed by atoms with Gasteiger partial charge in [-0.2, -0.15) is 0 Å². The lowest BCUT2D eigenvalue weighted by molar-refractivity contribution is 0.0654. The molecule has 0 saturated heterocycles. The molecule has 5 heteroatoms. The molecule has 152 valence electrons. The van der Waals surface area contributed by atoms with Gasteiger partial charge in [0.15, 0.2) is 0 Å². The summed E-state index contributed by atoms with van der Waals surface area (Å²) in [6.45, 7) is 4.43. The fraction of sp³-hybridized carbons (Fsp3) is 0.435. The summed E-state index contributed by atoms with van der Waals surface area (Å²) in [5, 5.41) is 27.8. The molecule has 1 unspecified atom stereocenters. The van der Waals surface area contributed by atoms with Crippen molar-refractivity contribution in [3.63, 3.8) is 0 Å². The van der Waals surface area contributed by atoms with Gasteiger partial charge in [-0.25, -0.2) is 9.65 Å². The van der Waals surface area contributed by atoms with Gasteiger partial charge in [0.1, 0.15) is 11.4 Å². The Kier molecular flexibility index (Phi) is 10.4. The molecule has 0 aliphatic rings. The highest BCUT2D eigenvalue weighted by atomic mass is 19.1. The molecule has 2 N–H and O–H groups in total. The number of halogens is 1. The largest absolute Gasteiger partial charge is 0.392 e. The van der Waals surface area contributed by atoms with Gasteiger partial charge in [0.05, 0.1) is 6.61 Å². The molecule has 4 nitrogen and oxygen atoms in total. The normalized spacial score (nSPS) is 12.9. The summed E-state index contributed by atoms with van der Waals surface area (Å²) in [7, 11) is 4.14. The van der Waals surface area contributed by atoms with E-state index in [9.17, 15) is 14.6 Å². The molecular formula is C23H31FN2O2. The molecule has 0 radical (unpaired) electrons. The smallest absolute Gasteiger partial charge is 0.123 e. The predicted octanol–water partition coefficient (Wildman–Crippen LogP) is 4.21. The minimum atomic E-state index is -1.23. The van der Waals surface area contributed by atoms with Crippen LogP contribution in [0.4, 0.5) is 4.39 Å². The molecule has 2 aromatic carbocycles. The molecule has 0 heterocycles. The first-order valence-corrected chi connectivity index (χ1v) is 9.55. The highest BCUT2D eigenvalue weighted by Crippen LogP contribution is 2.37. The molecule has 28 heavy (non-hydrogen) atoms. The van der Waals surface area contributed by atoms with E-state index in [-0.39, 0.29) is 12.4 Å². The van der Waals surface area contributed by atoms with Crippen molar-refractivity contribution in [3.05, 3.63) is 71.0 Å². The molecule has 0 saturated carbocycles. The number of hydrogen-bond acceptors (Lipinski definition) is 4. The van der Waals surface area contributed by atoms with Gasteiger partial charge in [-0.3, -0.25) is 0 Å². The first-order chi connectivity index (χ1) is 13.5. The third-order valence-electron chi connectivity index (χ3n) is 4.85. The number of aliphatic hydroxyl groups excluding tert-OH is 1. The van der Waals surface area contributed by atoms with E-state index in [1.165, 1.54) is 12.1 Å². The fourth-order valence-electron chi connectivity index (χ4n) is 3.38. The molecule has 1 atom stereocenters. The molecule has 0 spiro atoms. The summed E-state index contributed by atoms with van der Waals surface area (Å²) >= 11 is 0. The lowest BCUT2D eigenvalue weighted by atomic mass is 9.80. The molecule has 0 bridgehead atoms. The zero-order chi connectivity index (χ0) is 21.0. The van der Waals surface area contributed by atoms with E-state index in [1.807, 2.05) is 24.3 Å². The number of benzene rings is 2. The Morgan fingerprint density at radius 3 is 2.18 bits per heavy atom. The Morgan fingerprint density at radius 2 is 1.57 bits per heavy atom. The first-order valence-electron chi connectivity index (χ1n) is 9.55. The van der Waals surface area contributed by atoms with Crippen LogP contribution in [0, 0.1) is 17.7 Å². The van der Waals surface area contributed by atoms with Crippen LogP contribution in [0.2, 0.25) is 0 Å². The summed E-state index contributed by atoms with van der Waals surface area (Å²) < 4.78 is 13.4. The average molecular weight is 387 g/mol. The highest BCUT2D eigenvalue weighted by Gasteiger charge is 2.32. The molecule has 0 aromatic heterocycles. The predicted molar refractivity (Wildman–Crippen MR) is 110 cm³/mol. The van der Waals surface area contributed by atoms with Crippen LogP contribution in [-0.2, 0) is 12.2 Å². The summed E-state index contributed by atoms with van der Waals surface area (Å²) in [6.07, 6.45) is 4.67. The topological polar surface area (TPSA) is 67.5 Å². The second-order valence-corrected chi connectivity index (χ2v) is 7.15. The molecule has 0 amide bonds. The lowest BCUT2D eigenvalue weighted by Crippen LogP contribution is -2.29. The SMILES string of the molecule is C#N.CN(C)CCCCCCC(O)(c1ccc(F)cc1)c1ccccc1CO. The van der Waals surface area contributed by atoms with E-state index in [0.717, 1.165) is 32.2 Å². The number of rotatable bonds is 10. The van der Waals surface area contributed by atoms with Gasteiger partial charge in [0, 0.05) is 6.57 Å². The first kappa shape index (κ1) is 23.8. The zero-order valence-corrected chi connectivity index (χ0v) is 16.8. The second kappa shape index (κ2) is 12.2. The third kappa shape index (κ3) is 6.72. The molecular weight excluding hydrogens is 355 g/mol. The van der Waals surface area contributed by atoms with Crippen LogP contribution in [-0.4, -0.2) is 35.8 Å². The van der Waals surface area contributed by atoms with E-state index in [2.05, 4.69) is 25.6 Å². The Morgan fingerprint density at radius 1 is 0.964 bits per heavy atom. The number of aliphatic hydroxyl groups is 2. The molecule has 2 rings (SSSR count). The van der Waals surface area contributed by atoms with Crippen molar-refractivity contribution in [1.29, 1.82) is 5.26 Å². The van der Waals surface area contributed by atoms with Crippen molar-refractivity contribution in [2.75, 3.05) is 20.6 Å². The maximum atomic E-state index is 13.4. The molecule has 0 fully saturated rings. The van der Waals surface area contributed by atoms with Crippen molar-refractivity contribution in [1.82, 2.24) is 4.90 Å². The van der Waals surface area contributed by atoms with E-state index in [4.69, 9.17) is 5.26 Å². The van der Waals surface area contributed by atoms with Crippen LogP contribution >= 0.6 is 0 Å². The molecule has 2 aromatic rings. The van der Waals surface area contributed by atoms with E-state index in [0.29, 0.717) is 23.1 Å². The Hall–Kier alpha value is -2.26. The van der Waals surface area contributed by atoms with Crippen LogP contribution < -0.4 is 0 Å². The van der Waals surface area contributed by atoms with Gasteiger partial charge in [0.2, 0.25) is 0 Å². The fourth-order valence-corrected chi connectivity index (χ4v) is 3.38. The maximum absolute atomic E-state index is 13.4. The quantitative estimate of drug-likeness (QED) is 0.601. The van der Waals surface area contributed by atoms with Gasteiger partial charge < -0.3 is 15.1 Å². The Bertz CT molecular complexity index is 716. The van der Waals surface area contributed by atoms with Crippen molar-refractivity contribution < 1.29 is 14.6 Å². The standard InChI is InChI=1S/C22H30FNO2.CHN/c1-24(2)16-8-4-3-7-15-22(26,19-11-13-20(23)14-12-19)21-10-6-5-9-18(21)17-25;1-2/h5-6,9-14,25-26H,3-4,7-8,15-17H2,1-2H3;1H. The summed E-state index contributed by atoms with van der Waals surface area (Å²) in [5.41, 5.74) is 0.830. The average Bonchev–Trinajstić information content (AvgIpc) is 2.72. The van der Waals surface area contributed by atoms with E-state index >= 15 is 0 Å². The van der Waals surface area contributed by atoms with Gasteiger partial charge in [0.25, 0.3) is 0 Å². The summed E-state index contributed by atoms with van der Waals surface area (Å²) in [5.74, 6) is -0.324. The minimum Gasteiger partial charge on any atom is -0.392 e. The highest BCUT2D eigenvalue weighted by molar-refractivity contribution is 5.40. The van der Waals surface area contributed by atoms with E-state index in [1.54, 1.807) is 12.1 Å². The zero-order valence-electron chi connectivity index (χ0n) is 16.8. The summed E-state index contributed by atoms with van der Waals surface area (Å²) in [4.78, 5) is 2.17. The number of nitrogens with zero attached hydrogens (tertiary/aromatic N) is 2. The van der Waals surface area contributed by atoms with Crippen LogP contribution in [0.5, 0.6) is 0 Å². The van der Waals surface area contributed by atoms with Gasteiger partial charge in [-0.1, -0.05) is 49.2 Å². The van der Waals surface area contributed by atoms with Crippen LogP contribution in [0.15, 0.2) is 48.5 Å². The van der Waals surface area contributed by atoms with Gasteiger partial charge >= 0.3 is 0 Å². The maximum Gasteiger partial charge on any atom is 0.123 e. The summed E-state index contributed by atoms with van der Waals surface area (Å²) in [6, 6.07) is 13.4. The van der Waals surface area contributed by atoms with Gasteiger partial charge in [-0.15, -0.1) is 0 Å². The minimum absolute atomic E-state index is 0.136. The van der Waals surface area contributed by atoms with Crippen molar-refractivity contribution >= 4 is 0 Å². The number of unbranched alkanes of at least 4 members (excludes halogenated alkanes) is 3. The van der Waals surface area contributed by atoms with Crippen LogP contribution in [0.25, 0.3) is 0 Å².